The van der Waals surface area contributed by atoms with Gasteiger partial charge in [0.15, 0.2) is 12.3 Å². The Kier molecular flexibility index (Phi) is 5.26. The Morgan fingerprint density at radius 2 is 2.27 bits per heavy atom. The number of amides is 1. The molecule has 0 aliphatic heterocycles. The number of rotatable bonds is 4. The first-order valence-electron chi connectivity index (χ1n) is 9.68. The minimum absolute atomic E-state index is 0.254. The highest BCUT2D eigenvalue weighted by Crippen LogP contribution is 2.39. The Labute approximate surface area is 177 Å². The summed E-state index contributed by atoms with van der Waals surface area (Å²) in [6.45, 7) is 3.58. The molecule has 4 rings (SSSR count). The molecule has 3 aromatic rings. The van der Waals surface area contributed by atoms with Crippen LogP contribution in [0.5, 0.6) is 0 Å². The largest absolute Gasteiger partial charge is 0.452 e. The predicted molar refractivity (Wildman–Crippen MR) is 112 cm³/mol. The van der Waals surface area contributed by atoms with E-state index in [0.717, 1.165) is 40.8 Å². The number of pyridine rings is 1. The van der Waals surface area contributed by atoms with Crippen LogP contribution in [-0.4, -0.2) is 33.2 Å². The van der Waals surface area contributed by atoms with E-state index in [9.17, 15) is 14.9 Å². The number of nitrogens with one attached hydrogen (secondary N) is 1. The number of esters is 1. The van der Waals surface area contributed by atoms with Crippen LogP contribution in [0.1, 0.15) is 45.4 Å². The molecule has 0 saturated heterocycles. The van der Waals surface area contributed by atoms with Crippen LogP contribution in [0.3, 0.4) is 0 Å². The summed E-state index contributed by atoms with van der Waals surface area (Å²) >= 11 is 1.44. The minimum atomic E-state index is -0.636. The Balaban J connectivity index is 1.42. The van der Waals surface area contributed by atoms with Gasteiger partial charge in [0.05, 0.1) is 16.8 Å². The molecule has 9 heteroatoms. The number of thiophene rings is 1. The monoisotopic (exact) mass is 423 g/mol. The van der Waals surface area contributed by atoms with E-state index in [1.165, 1.54) is 17.5 Å². The number of aryl methyl sites for hydroxylation is 2. The summed E-state index contributed by atoms with van der Waals surface area (Å²) in [6, 6.07) is 3.87. The Bertz CT molecular complexity index is 1200. The molecule has 154 valence electrons. The zero-order valence-corrected chi connectivity index (χ0v) is 17.8. The standard InChI is InChI=1S/C21H21N5O3S/c1-11-4-5-14-16(8-22)20(30-17(14)6-11)24-18(27)10-29-21(28)13-7-15-12(2)25-26(3)19(15)23-9-13/h7,9,11H,4-6,10H2,1-3H3,(H,24,27). The zero-order valence-electron chi connectivity index (χ0n) is 17.0. The van der Waals surface area contributed by atoms with Crippen LogP contribution in [0.15, 0.2) is 12.3 Å². The van der Waals surface area contributed by atoms with Crippen molar-refractivity contribution in [1.29, 1.82) is 5.26 Å². The molecule has 0 bridgehead atoms. The Morgan fingerprint density at radius 3 is 3.03 bits per heavy atom. The van der Waals surface area contributed by atoms with Crippen molar-refractivity contribution in [3.05, 3.63) is 39.5 Å². The first-order chi connectivity index (χ1) is 14.4. The first-order valence-corrected chi connectivity index (χ1v) is 10.5. The van der Waals surface area contributed by atoms with Gasteiger partial charge in [0.1, 0.15) is 11.1 Å². The molecule has 1 aliphatic carbocycles. The smallest absolute Gasteiger partial charge is 0.340 e. The van der Waals surface area contributed by atoms with E-state index in [0.29, 0.717) is 22.1 Å². The second kappa shape index (κ2) is 7.88. The van der Waals surface area contributed by atoms with Crippen LogP contribution in [0.4, 0.5) is 5.00 Å². The summed E-state index contributed by atoms with van der Waals surface area (Å²) in [5.41, 5.74) is 3.25. The Hall–Kier alpha value is -3.25. The van der Waals surface area contributed by atoms with Crippen molar-refractivity contribution in [2.45, 2.75) is 33.1 Å². The number of fused-ring (bicyclic) bond motifs is 2. The molecule has 1 unspecified atom stereocenters. The average Bonchev–Trinajstić information content (AvgIpc) is 3.21. The van der Waals surface area contributed by atoms with Gasteiger partial charge in [0.25, 0.3) is 5.91 Å². The maximum absolute atomic E-state index is 12.4. The SMILES string of the molecule is Cc1nn(C)c2ncc(C(=O)OCC(=O)Nc3sc4c(c3C#N)CCC(C)C4)cc12. The second-order valence-corrected chi connectivity index (χ2v) is 8.70. The topological polar surface area (TPSA) is 110 Å². The molecule has 1 amide bonds. The van der Waals surface area contributed by atoms with Crippen molar-refractivity contribution in [2.75, 3.05) is 11.9 Å². The summed E-state index contributed by atoms with van der Waals surface area (Å²) in [6.07, 6.45) is 4.22. The molecule has 8 nitrogen and oxygen atoms in total. The average molecular weight is 423 g/mol. The molecule has 1 N–H and O–H groups in total. The third kappa shape index (κ3) is 3.66. The number of carbonyl (C=O) groups is 2. The summed E-state index contributed by atoms with van der Waals surface area (Å²) < 4.78 is 6.79. The van der Waals surface area contributed by atoms with Crippen LogP contribution >= 0.6 is 11.3 Å². The fourth-order valence-corrected chi connectivity index (χ4v) is 5.13. The molecular formula is C21H21N5O3S. The van der Waals surface area contributed by atoms with E-state index in [1.807, 2.05) is 6.92 Å². The summed E-state index contributed by atoms with van der Waals surface area (Å²) in [5, 5.41) is 17.8. The lowest BCUT2D eigenvalue weighted by molar-refractivity contribution is -0.119. The fraction of sp³-hybridized carbons (Fsp3) is 0.381. The molecule has 30 heavy (non-hydrogen) atoms. The maximum Gasteiger partial charge on any atom is 0.340 e. The van der Waals surface area contributed by atoms with Gasteiger partial charge in [-0.05, 0) is 43.7 Å². The van der Waals surface area contributed by atoms with Crippen molar-refractivity contribution >= 4 is 39.2 Å². The van der Waals surface area contributed by atoms with Gasteiger partial charge < -0.3 is 10.1 Å². The van der Waals surface area contributed by atoms with Gasteiger partial charge in [-0.25, -0.2) is 9.78 Å². The van der Waals surface area contributed by atoms with Gasteiger partial charge in [-0.1, -0.05) is 6.92 Å². The van der Waals surface area contributed by atoms with Crippen LogP contribution < -0.4 is 5.32 Å². The van der Waals surface area contributed by atoms with E-state index in [-0.39, 0.29) is 5.56 Å². The van der Waals surface area contributed by atoms with E-state index >= 15 is 0 Å². The zero-order chi connectivity index (χ0) is 21.4. The number of nitriles is 1. The number of hydrogen-bond donors (Lipinski definition) is 1. The highest BCUT2D eigenvalue weighted by Gasteiger charge is 2.25. The van der Waals surface area contributed by atoms with Gasteiger partial charge in [-0.3, -0.25) is 9.48 Å². The molecule has 0 fully saturated rings. The summed E-state index contributed by atoms with van der Waals surface area (Å²) in [4.78, 5) is 30.1. The van der Waals surface area contributed by atoms with Crippen LogP contribution in [0.25, 0.3) is 11.0 Å². The van der Waals surface area contributed by atoms with Crippen molar-refractivity contribution in [2.24, 2.45) is 13.0 Å². The van der Waals surface area contributed by atoms with Gasteiger partial charge in [0, 0.05) is 23.5 Å². The molecule has 0 aromatic carbocycles. The van der Waals surface area contributed by atoms with Crippen LogP contribution in [-0.2, 0) is 29.4 Å². The second-order valence-electron chi connectivity index (χ2n) is 7.60. The minimum Gasteiger partial charge on any atom is -0.452 e. The van der Waals surface area contributed by atoms with E-state index in [1.54, 1.807) is 17.8 Å². The van der Waals surface area contributed by atoms with Crippen molar-refractivity contribution in [3.8, 4) is 6.07 Å². The fourth-order valence-electron chi connectivity index (χ4n) is 3.75. The quantitative estimate of drug-likeness (QED) is 0.646. The van der Waals surface area contributed by atoms with Gasteiger partial charge in [-0.15, -0.1) is 11.3 Å². The van der Waals surface area contributed by atoms with Gasteiger partial charge in [0.2, 0.25) is 0 Å². The van der Waals surface area contributed by atoms with Crippen LogP contribution in [0, 0.1) is 24.2 Å². The number of carbonyl (C=O) groups excluding carboxylic acids is 2. The molecule has 3 aromatic heterocycles. The third-order valence-electron chi connectivity index (χ3n) is 5.31. The van der Waals surface area contributed by atoms with Gasteiger partial charge in [-0.2, -0.15) is 10.4 Å². The molecular weight excluding hydrogens is 402 g/mol. The number of anilines is 1. The lowest BCUT2D eigenvalue weighted by atomic mass is 9.89. The highest BCUT2D eigenvalue weighted by atomic mass is 32.1. The number of hydrogen-bond acceptors (Lipinski definition) is 7. The lowest BCUT2D eigenvalue weighted by Crippen LogP contribution is -2.21. The number of nitrogens with zero attached hydrogens (tertiary/aromatic N) is 4. The van der Waals surface area contributed by atoms with Crippen molar-refractivity contribution in [3.63, 3.8) is 0 Å². The first kappa shape index (κ1) is 20.0. The number of aromatic nitrogens is 3. The van der Waals surface area contributed by atoms with E-state index < -0.39 is 18.5 Å². The third-order valence-corrected chi connectivity index (χ3v) is 6.48. The lowest BCUT2D eigenvalue weighted by Gasteiger charge is -2.17. The van der Waals surface area contributed by atoms with Crippen molar-refractivity contribution in [1.82, 2.24) is 14.8 Å². The highest BCUT2D eigenvalue weighted by molar-refractivity contribution is 7.16. The molecule has 3 heterocycles. The van der Waals surface area contributed by atoms with E-state index in [4.69, 9.17) is 4.74 Å². The van der Waals surface area contributed by atoms with Crippen molar-refractivity contribution < 1.29 is 14.3 Å². The summed E-state index contributed by atoms with van der Waals surface area (Å²) in [7, 11) is 1.78. The molecule has 1 aliphatic rings. The molecule has 1 atom stereocenters. The Morgan fingerprint density at radius 1 is 1.47 bits per heavy atom. The predicted octanol–water partition coefficient (Wildman–Crippen LogP) is 3.13. The summed E-state index contributed by atoms with van der Waals surface area (Å²) in [5.74, 6) is -0.540. The van der Waals surface area contributed by atoms with Gasteiger partial charge >= 0.3 is 5.97 Å². The van der Waals surface area contributed by atoms with E-state index in [2.05, 4.69) is 28.4 Å². The maximum atomic E-state index is 12.4. The van der Waals surface area contributed by atoms with Crippen LogP contribution in [0.2, 0.25) is 0 Å². The normalized spacial score (nSPS) is 15.5. The molecule has 0 spiro atoms. The molecule has 0 saturated carbocycles. The number of ether oxygens (including phenoxy) is 1. The molecule has 0 radical (unpaired) electrons.